The molecular formula is C14H16LiN. The molecule has 16 heavy (non-hydrogen) atoms. The maximum Gasteiger partial charge on any atom is 1.00 e. The van der Waals surface area contributed by atoms with Gasteiger partial charge in [0.2, 0.25) is 0 Å². The summed E-state index contributed by atoms with van der Waals surface area (Å²) >= 11 is 0. The zero-order valence-electron chi connectivity index (χ0n) is 10.2. The predicted molar refractivity (Wildman–Crippen MR) is 61.5 cm³/mol. The Morgan fingerprint density at radius 2 is 1.88 bits per heavy atom. The minimum absolute atomic E-state index is 0. The molecule has 3 rings (SSSR count). The number of hydrogen-bond acceptors (Lipinski definition) is 1. The smallest absolute Gasteiger partial charge is 0.304 e. The first kappa shape index (κ1) is 12.0. The van der Waals surface area contributed by atoms with Crippen molar-refractivity contribution >= 4 is 0 Å². The molecule has 1 nitrogen and oxygen atoms in total. The van der Waals surface area contributed by atoms with Crippen LogP contribution < -0.4 is 18.9 Å². The SMILES string of the molecule is CC1=[C-]c2ccccc2C1N1CCCC1.[Li+]. The van der Waals surface area contributed by atoms with Gasteiger partial charge >= 0.3 is 18.9 Å². The summed E-state index contributed by atoms with van der Waals surface area (Å²) in [4.78, 5) is 2.59. The van der Waals surface area contributed by atoms with E-state index >= 15 is 0 Å². The van der Waals surface area contributed by atoms with E-state index in [1.807, 2.05) is 0 Å². The normalized spacial score (nSPS) is 23.8. The summed E-state index contributed by atoms with van der Waals surface area (Å²) in [5, 5.41) is 0. The third-order valence-corrected chi connectivity index (χ3v) is 3.50. The summed E-state index contributed by atoms with van der Waals surface area (Å²) in [6.07, 6.45) is 6.21. The molecule has 0 N–H and O–H groups in total. The minimum Gasteiger partial charge on any atom is -0.304 e. The number of nitrogens with zero attached hydrogens (tertiary/aromatic N) is 1. The van der Waals surface area contributed by atoms with Crippen molar-refractivity contribution in [3.05, 3.63) is 47.0 Å². The van der Waals surface area contributed by atoms with E-state index in [1.165, 1.54) is 42.6 Å². The van der Waals surface area contributed by atoms with Gasteiger partial charge in [-0.3, -0.25) is 0 Å². The zero-order valence-corrected chi connectivity index (χ0v) is 10.2. The van der Waals surface area contributed by atoms with Gasteiger partial charge in [-0.05, 0) is 25.9 Å². The minimum atomic E-state index is 0. The second-order valence-corrected chi connectivity index (χ2v) is 4.54. The fraction of sp³-hybridized carbons (Fsp3) is 0.429. The average molecular weight is 205 g/mol. The Morgan fingerprint density at radius 3 is 2.62 bits per heavy atom. The monoisotopic (exact) mass is 205 g/mol. The molecule has 0 amide bonds. The van der Waals surface area contributed by atoms with E-state index in [4.69, 9.17) is 0 Å². The van der Waals surface area contributed by atoms with Gasteiger partial charge in [0, 0.05) is 6.04 Å². The maximum absolute atomic E-state index is 3.50. The van der Waals surface area contributed by atoms with E-state index in [0.29, 0.717) is 6.04 Å². The summed E-state index contributed by atoms with van der Waals surface area (Å²) < 4.78 is 0. The summed E-state index contributed by atoms with van der Waals surface area (Å²) in [5.74, 6) is 0. The summed E-state index contributed by atoms with van der Waals surface area (Å²) in [6, 6.07) is 9.19. The molecule has 0 aromatic heterocycles. The molecule has 78 valence electrons. The predicted octanol–water partition coefficient (Wildman–Crippen LogP) is -0.0613. The zero-order chi connectivity index (χ0) is 10.3. The number of rotatable bonds is 1. The molecule has 0 bridgehead atoms. The largest absolute Gasteiger partial charge is 1.00 e. The third-order valence-electron chi connectivity index (χ3n) is 3.50. The van der Waals surface area contributed by atoms with Crippen LogP contribution in [0.2, 0.25) is 0 Å². The van der Waals surface area contributed by atoms with Crippen LogP contribution in [0, 0.1) is 6.08 Å². The Bertz CT molecular complexity index is 405. The Morgan fingerprint density at radius 1 is 1.19 bits per heavy atom. The second kappa shape index (κ2) is 4.80. The average Bonchev–Trinajstić information content (AvgIpc) is 2.82. The number of benzene rings is 1. The van der Waals surface area contributed by atoms with Crippen LogP contribution in [-0.4, -0.2) is 18.0 Å². The quantitative estimate of drug-likeness (QED) is 0.458. The summed E-state index contributed by atoms with van der Waals surface area (Å²) in [5.41, 5.74) is 4.14. The van der Waals surface area contributed by atoms with Crippen LogP contribution >= 0.6 is 0 Å². The molecular weight excluding hydrogens is 189 g/mol. The van der Waals surface area contributed by atoms with Gasteiger partial charge in [0.25, 0.3) is 0 Å². The molecule has 0 saturated carbocycles. The Balaban J connectivity index is 0.000000963. The van der Waals surface area contributed by atoms with Crippen molar-refractivity contribution < 1.29 is 18.9 Å². The second-order valence-electron chi connectivity index (χ2n) is 4.54. The molecule has 1 unspecified atom stereocenters. The van der Waals surface area contributed by atoms with E-state index < -0.39 is 0 Å². The van der Waals surface area contributed by atoms with Gasteiger partial charge in [0.05, 0.1) is 0 Å². The third kappa shape index (κ3) is 1.89. The van der Waals surface area contributed by atoms with E-state index in [-0.39, 0.29) is 18.9 Å². The number of fused-ring (bicyclic) bond motifs is 1. The molecule has 0 spiro atoms. The van der Waals surface area contributed by atoms with Crippen LogP contribution in [-0.2, 0) is 0 Å². The van der Waals surface area contributed by atoms with Crippen molar-refractivity contribution in [2.24, 2.45) is 0 Å². The Hall–Kier alpha value is -0.483. The molecule has 1 saturated heterocycles. The topological polar surface area (TPSA) is 3.24 Å². The molecule has 1 aliphatic heterocycles. The van der Waals surface area contributed by atoms with Crippen LogP contribution in [0.5, 0.6) is 0 Å². The van der Waals surface area contributed by atoms with Crippen LogP contribution in [0.3, 0.4) is 0 Å². The number of likely N-dealkylation sites (tertiary alicyclic amines) is 1. The summed E-state index contributed by atoms with van der Waals surface area (Å²) in [7, 11) is 0. The maximum atomic E-state index is 3.50. The fourth-order valence-corrected chi connectivity index (χ4v) is 2.83. The van der Waals surface area contributed by atoms with Gasteiger partial charge in [-0.25, -0.2) is 0 Å². The first-order valence-corrected chi connectivity index (χ1v) is 5.80. The van der Waals surface area contributed by atoms with Crippen molar-refractivity contribution in [1.29, 1.82) is 0 Å². The van der Waals surface area contributed by atoms with Gasteiger partial charge < -0.3 is 4.90 Å². The van der Waals surface area contributed by atoms with Crippen molar-refractivity contribution in [3.8, 4) is 0 Å². The molecule has 1 fully saturated rings. The Kier molecular flexibility index (Phi) is 3.59. The molecule has 1 aromatic carbocycles. The van der Waals surface area contributed by atoms with Crippen molar-refractivity contribution in [2.75, 3.05) is 13.1 Å². The number of hydrogen-bond donors (Lipinski definition) is 0. The first-order valence-electron chi connectivity index (χ1n) is 5.80. The molecule has 1 aromatic rings. The molecule has 2 aliphatic rings. The summed E-state index contributed by atoms with van der Waals surface area (Å²) in [6.45, 7) is 4.71. The van der Waals surface area contributed by atoms with Crippen LogP contribution in [0.4, 0.5) is 0 Å². The van der Waals surface area contributed by atoms with Gasteiger partial charge in [0.1, 0.15) is 0 Å². The molecule has 1 aliphatic carbocycles. The van der Waals surface area contributed by atoms with Gasteiger partial charge in [-0.1, -0.05) is 13.0 Å². The molecule has 2 heteroatoms. The Labute approximate surface area is 110 Å². The van der Waals surface area contributed by atoms with Crippen LogP contribution in [0.25, 0.3) is 0 Å². The van der Waals surface area contributed by atoms with E-state index in [2.05, 4.69) is 42.2 Å². The molecule has 1 heterocycles. The van der Waals surface area contributed by atoms with Crippen LogP contribution in [0.15, 0.2) is 29.8 Å². The van der Waals surface area contributed by atoms with E-state index in [0.717, 1.165) is 0 Å². The van der Waals surface area contributed by atoms with Crippen molar-refractivity contribution in [3.63, 3.8) is 0 Å². The van der Waals surface area contributed by atoms with Gasteiger partial charge in [-0.2, -0.15) is 17.7 Å². The first-order chi connectivity index (χ1) is 7.36. The van der Waals surface area contributed by atoms with E-state index in [1.54, 1.807) is 0 Å². The fourth-order valence-electron chi connectivity index (χ4n) is 2.83. The van der Waals surface area contributed by atoms with E-state index in [9.17, 15) is 0 Å². The standard InChI is InChI=1S/C14H16N.Li/c1-11-10-12-6-2-3-7-13(12)14(11)15-8-4-5-9-15;/h2-3,6-7,14H,4-5,8-9H2,1H3;/q-1;+1. The van der Waals surface area contributed by atoms with Crippen molar-refractivity contribution in [1.82, 2.24) is 4.90 Å². The molecule has 0 radical (unpaired) electrons. The van der Waals surface area contributed by atoms with Crippen molar-refractivity contribution in [2.45, 2.75) is 25.8 Å². The molecule has 1 atom stereocenters. The van der Waals surface area contributed by atoms with Gasteiger partial charge in [0.15, 0.2) is 0 Å². The van der Waals surface area contributed by atoms with Gasteiger partial charge in [-0.15, -0.1) is 23.3 Å². The van der Waals surface area contributed by atoms with Crippen LogP contribution in [0.1, 0.15) is 36.9 Å².